The van der Waals surface area contributed by atoms with Gasteiger partial charge in [-0.3, -0.25) is 4.79 Å². The summed E-state index contributed by atoms with van der Waals surface area (Å²) in [6.45, 7) is 10.4. The number of fused-ring (bicyclic) bond motifs is 1. The van der Waals surface area contributed by atoms with Crippen molar-refractivity contribution in [3.8, 4) is 0 Å². The highest BCUT2D eigenvalue weighted by atomic mass is 16.2. The van der Waals surface area contributed by atoms with Crippen molar-refractivity contribution >= 4 is 11.6 Å². The van der Waals surface area contributed by atoms with Crippen LogP contribution in [0.1, 0.15) is 38.3 Å². The molecule has 0 aromatic heterocycles. The Morgan fingerprint density at radius 2 is 1.92 bits per heavy atom. The van der Waals surface area contributed by atoms with Gasteiger partial charge in [0, 0.05) is 50.9 Å². The van der Waals surface area contributed by atoms with Crippen molar-refractivity contribution in [2.75, 3.05) is 38.1 Å². The lowest BCUT2D eigenvalue weighted by molar-refractivity contribution is -0.133. The number of benzene rings is 1. The third-order valence-corrected chi connectivity index (χ3v) is 5.59. The Labute approximate surface area is 146 Å². The number of piperazine rings is 1. The zero-order valence-corrected chi connectivity index (χ0v) is 15.6. The summed E-state index contributed by atoms with van der Waals surface area (Å²) in [5.74, 6) is 0.204. The van der Waals surface area contributed by atoms with Crippen molar-refractivity contribution < 1.29 is 4.79 Å². The molecule has 0 spiro atoms. The molecule has 0 radical (unpaired) electrons. The van der Waals surface area contributed by atoms with E-state index >= 15 is 0 Å². The van der Waals surface area contributed by atoms with Gasteiger partial charge in [-0.15, -0.1) is 0 Å². The van der Waals surface area contributed by atoms with Crippen molar-refractivity contribution in [3.63, 3.8) is 0 Å². The molecule has 1 saturated heterocycles. The number of nitrogens with zero attached hydrogens (tertiary/aromatic N) is 3. The van der Waals surface area contributed by atoms with Crippen LogP contribution in [-0.2, 0) is 17.6 Å². The predicted molar refractivity (Wildman–Crippen MR) is 99.6 cm³/mol. The molecule has 1 fully saturated rings. The molecule has 24 heavy (non-hydrogen) atoms. The maximum Gasteiger partial charge on any atom is 0.219 e. The van der Waals surface area contributed by atoms with Crippen LogP contribution >= 0.6 is 0 Å². The van der Waals surface area contributed by atoms with E-state index in [2.05, 4.69) is 53.8 Å². The summed E-state index contributed by atoms with van der Waals surface area (Å²) in [5, 5.41) is 0. The molecule has 0 bridgehead atoms. The molecule has 1 amide bonds. The van der Waals surface area contributed by atoms with Gasteiger partial charge in [0.1, 0.15) is 0 Å². The number of rotatable bonds is 3. The van der Waals surface area contributed by atoms with Gasteiger partial charge >= 0.3 is 0 Å². The van der Waals surface area contributed by atoms with E-state index in [0.29, 0.717) is 6.04 Å². The molecule has 1 aromatic rings. The van der Waals surface area contributed by atoms with Crippen molar-refractivity contribution in [3.05, 3.63) is 29.3 Å². The van der Waals surface area contributed by atoms with Crippen LogP contribution in [0.4, 0.5) is 5.69 Å². The number of amides is 1. The smallest absolute Gasteiger partial charge is 0.219 e. The molecule has 132 valence electrons. The SMILES string of the molecule is CC(=O)N(C(C)C)C1CCc2cccc(N3CCN(C)CC3)c2C1. The first-order valence-corrected chi connectivity index (χ1v) is 9.30. The molecule has 1 atom stereocenters. The van der Waals surface area contributed by atoms with Gasteiger partial charge in [0.25, 0.3) is 0 Å². The van der Waals surface area contributed by atoms with Crippen LogP contribution in [0.15, 0.2) is 18.2 Å². The quantitative estimate of drug-likeness (QED) is 0.853. The molecule has 4 nitrogen and oxygen atoms in total. The number of anilines is 1. The van der Waals surface area contributed by atoms with E-state index in [0.717, 1.165) is 45.4 Å². The first-order chi connectivity index (χ1) is 11.5. The first kappa shape index (κ1) is 17.3. The largest absolute Gasteiger partial charge is 0.369 e. The standard InChI is InChI=1S/C20H31N3O/c1-15(2)23(16(3)24)18-9-8-17-6-5-7-20(19(17)14-18)22-12-10-21(4)11-13-22/h5-7,15,18H,8-14H2,1-4H3. The molecule has 1 unspecified atom stereocenters. The van der Waals surface area contributed by atoms with Crippen LogP contribution < -0.4 is 4.90 Å². The Hall–Kier alpha value is -1.55. The van der Waals surface area contributed by atoms with Gasteiger partial charge < -0.3 is 14.7 Å². The third kappa shape index (κ3) is 3.44. The summed E-state index contributed by atoms with van der Waals surface area (Å²) in [6.07, 6.45) is 3.16. The van der Waals surface area contributed by atoms with E-state index in [1.165, 1.54) is 16.8 Å². The first-order valence-electron chi connectivity index (χ1n) is 9.30. The maximum absolute atomic E-state index is 12.1. The fraction of sp³-hybridized carbons (Fsp3) is 0.650. The van der Waals surface area contributed by atoms with Crippen molar-refractivity contribution in [1.82, 2.24) is 9.80 Å². The van der Waals surface area contributed by atoms with Gasteiger partial charge in [0.2, 0.25) is 5.91 Å². The molecule has 2 aliphatic rings. The summed E-state index contributed by atoms with van der Waals surface area (Å²) >= 11 is 0. The number of carbonyl (C=O) groups excluding carboxylic acids is 1. The van der Waals surface area contributed by atoms with E-state index in [1.54, 1.807) is 6.92 Å². The van der Waals surface area contributed by atoms with Crippen LogP contribution in [-0.4, -0.2) is 61.0 Å². The van der Waals surface area contributed by atoms with E-state index in [4.69, 9.17) is 0 Å². The normalized spacial score (nSPS) is 21.7. The Morgan fingerprint density at radius 3 is 2.54 bits per heavy atom. The number of aryl methyl sites for hydroxylation is 1. The van der Waals surface area contributed by atoms with E-state index < -0.39 is 0 Å². The molecule has 1 aromatic carbocycles. The predicted octanol–water partition coefficient (Wildman–Crippen LogP) is 2.55. The zero-order chi connectivity index (χ0) is 17.3. The van der Waals surface area contributed by atoms with Crippen molar-refractivity contribution in [2.45, 2.75) is 52.1 Å². The molecular weight excluding hydrogens is 298 g/mol. The average molecular weight is 329 g/mol. The fourth-order valence-corrected chi connectivity index (χ4v) is 4.37. The lowest BCUT2D eigenvalue weighted by Gasteiger charge is -2.40. The third-order valence-electron chi connectivity index (χ3n) is 5.59. The number of hydrogen-bond acceptors (Lipinski definition) is 3. The van der Waals surface area contributed by atoms with Crippen molar-refractivity contribution in [1.29, 1.82) is 0 Å². The van der Waals surface area contributed by atoms with Crippen molar-refractivity contribution in [2.24, 2.45) is 0 Å². The summed E-state index contributed by atoms with van der Waals surface area (Å²) in [4.78, 5) is 19.1. The highest BCUT2D eigenvalue weighted by Crippen LogP contribution is 2.33. The Balaban J connectivity index is 1.85. The monoisotopic (exact) mass is 329 g/mol. The van der Waals surface area contributed by atoms with Gasteiger partial charge in [-0.25, -0.2) is 0 Å². The second-order valence-electron chi connectivity index (χ2n) is 7.62. The zero-order valence-electron chi connectivity index (χ0n) is 15.6. The molecule has 4 heteroatoms. The summed E-state index contributed by atoms with van der Waals surface area (Å²) in [5.41, 5.74) is 4.36. The summed E-state index contributed by atoms with van der Waals surface area (Å²) in [6, 6.07) is 7.37. The van der Waals surface area contributed by atoms with E-state index in [1.807, 2.05) is 0 Å². The second kappa shape index (κ2) is 7.14. The summed E-state index contributed by atoms with van der Waals surface area (Å²) in [7, 11) is 2.20. The second-order valence-corrected chi connectivity index (χ2v) is 7.62. The Morgan fingerprint density at radius 1 is 1.21 bits per heavy atom. The topological polar surface area (TPSA) is 26.8 Å². The van der Waals surface area contributed by atoms with Gasteiger partial charge in [0.15, 0.2) is 0 Å². The highest BCUT2D eigenvalue weighted by Gasteiger charge is 2.30. The van der Waals surface area contributed by atoms with Crippen LogP contribution in [0.25, 0.3) is 0 Å². The molecule has 0 N–H and O–H groups in total. The fourth-order valence-electron chi connectivity index (χ4n) is 4.37. The molecular formula is C20H31N3O. The highest BCUT2D eigenvalue weighted by molar-refractivity contribution is 5.74. The number of carbonyl (C=O) groups is 1. The molecule has 0 saturated carbocycles. The van der Waals surface area contributed by atoms with Crippen LogP contribution in [0.5, 0.6) is 0 Å². The Bertz CT molecular complexity index is 591. The van der Waals surface area contributed by atoms with Crippen LogP contribution in [0.2, 0.25) is 0 Å². The van der Waals surface area contributed by atoms with Crippen LogP contribution in [0, 0.1) is 0 Å². The molecule has 3 rings (SSSR count). The molecule has 1 aliphatic heterocycles. The van der Waals surface area contributed by atoms with Gasteiger partial charge in [-0.2, -0.15) is 0 Å². The minimum absolute atomic E-state index is 0.204. The number of hydrogen-bond donors (Lipinski definition) is 0. The Kier molecular flexibility index (Phi) is 5.14. The number of likely N-dealkylation sites (N-methyl/N-ethyl adjacent to an activating group) is 1. The summed E-state index contributed by atoms with van der Waals surface area (Å²) < 4.78 is 0. The van der Waals surface area contributed by atoms with E-state index in [-0.39, 0.29) is 11.9 Å². The minimum atomic E-state index is 0.204. The van der Waals surface area contributed by atoms with Crippen LogP contribution in [0.3, 0.4) is 0 Å². The van der Waals surface area contributed by atoms with E-state index in [9.17, 15) is 4.79 Å². The lowest BCUT2D eigenvalue weighted by atomic mass is 9.85. The molecule has 1 heterocycles. The molecule has 1 aliphatic carbocycles. The maximum atomic E-state index is 12.1. The minimum Gasteiger partial charge on any atom is -0.369 e. The average Bonchev–Trinajstić information content (AvgIpc) is 2.54. The lowest BCUT2D eigenvalue weighted by Crippen LogP contribution is -2.47. The van der Waals surface area contributed by atoms with Gasteiger partial charge in [-0.05, 0) is 57.4 Å². The van der Waals surface area contributed by atoms with Gasteiger partial charge in [0.05, 0.1) is 0 Å². The van der Waals surface area contributed by atoms with Gasteiger partial charge in [-0.1, -0.05) is 12.1 Å².